The SMILES string of the molecule is CCc1cc(CON)c(OC)cc1F. The molecule has 2 N–H and O–H groups in total. The standard InChI is InChI=1S/C10H14FNO2/c1-3-7-4-8(6-14-12)10(13-2)5-9(7)11/h4-5H,3,6,12H2,1-2H3. The van der Waals surface area contributed by atoms with Gasteiger partial charge in [-0.15, -0.1) is 0 Å². The van der Waals surface area contributed by atoms with Gasteiger partial charge in [0, 0.05) is 11.6 Å². The highest BCUT2D eigenvalue weighted by Gasteiger charge is 2.08. The Kier molecular flexibility index (Phi) is 3.85. The van der Waals surface area contributed by atoms with Gasteiger partial charge in [-0.1, -0.05) is 6.92 Å². The van der Waals surface area contributed by atoms with Gasteiger partial charge >= 0.3 is 0 Å². The second-order valence-corrected chi connectivity index (χ2v) is 2.92. The van der Waals surface area contributed by atoms with Gasteiger partial charge in [0.25, 0.3) is 0 Å². The molecule has 0 saturated heterocycles. The van der Waals surface area contributed by atoms with Crippen LogP contribution in [0.25, 0.3) is 0 Å². The van der Waals surface area contributed by atoms with Gasteiger partial charge < -0.3 is 4.74 Å². The molecular weight excluding hydrogens is 185 g/mol. The minimum atomic E-state index is -0.259. The van der Waals surface area contributed by atoms with Crippen LogP contribution in [-0.4, -0.2) is 7.11 Å². The lowest BCUT2D eigenvalue weighted by Gasteiger charge is -2.10. The Labute approximate surface area is 82.6 Å². The molecule has 1 rings (SSSR count). The number of hydrogen-bond acceptors (Lipinski definition) is 3. The summed E-state index contributed by atoms with van der Waals surface area (Å²) in [4.78, 5) is 4.51. The predicted octanol–water partition coefficient (Wildman–Crippen LogP) is 1.79. The lowest BCUT2D eigenvalue weighted by Crippen LogP contribution is -2.03. The third-order valence-corrected chi connectivity index (χ3v) is 2.07. The van der Waals surface area contributed by atoms with Crippen molar-refractivity contribution in [2.24, 2.45) is 5.90 Å². The first kappa shape index (κ1) is 10.9. The lowest BCUT2D eigenvalue weighted by atomic mass is 10.1. The minimum Gasteiger partial charge on any atom is -0.496 e. The van der Waals surface area contributed by atoms with Crippen LogP contribution in [0.15, 0.2) is 12.1 Å². The van der Waals surface area contributed by atoms with Gasteiger partial charge in [-0.05, 0) is 18.1 Å². The number of aryl methyl sites for hydroxylation is 1. The number of ether oxygens (including phenoxy) is 1. The van der Waals surface area contributed by atoms with Gasteiger partial charge in [-0.2, -0.15) is 0 Å². The highest BCUT2D eigenvalue weighted by Crippen LogP contribution is 2.23. The van der Waals surface area contributed by atoms with Crippen LogP contribution in [0, 0.1) is 5.82 Å². The summed E-state index contributed by atoms with van der Waals surface area (Å²) < 4.78 is 18.3. The number of halogens is 1. The van der Waals surface area contributed by atoms with E-state index in [0.29, 0.717) is 17.7 Å². The molecule has 0 unspecified atom stereocenters. The fourth-order valence-corrected chi connectivity index (χ4v) is 1.31. The zero-order valence-corrected chi connectivity index (χ0v) is 8.34. The largest absolute Gasteiger partial charge is 0.496 e. The molecule has 0 aliphatic rings. The lowest BCUT2D eigenvalue weighted by molar-refractivity contribution is 0.122. The maximum atomic E-state index is 13.3. The molecule has 0 bridgehead atoms. The molecule has 0 atom stereocenters. The highest BCUT2D eigenvalue weighted by molar-refractivity contribution is 5.38. The van der Waals surface area contributed by atoms with Crippen LogP contribution < -0.4 is 10.6 Å². The average Bonchev–Trinajstić information content (AvgIpc) is 2.20. The van der Waals surface area contributed by atoms with Gasteiger partial charge in [0.1, 0.15) is 11.6 Å². The molecule has 0 radical (unpaired) electrons. The Bertz CT molecular complexity index is 315. The Morgan fingerprint density at radius 1 is 1.36 bits per heavy atom. The molecule has 0 heterocycles. The smallest absolute Gasteiger partial charge is 0.130 e. The van der Waals surface area contributed by atoms with E-state index in [4.69, 9.17) is 10.6 Å². The molecule has 14 heavy (non-hydrogen) atoms. The van der Waals surface area contributed by atoms with Gasteiger partial charge in [-0.25, -0.2) is 10.3 Å². The summed E-state index contributed by atoms with van der Waals surface area (Å²) in [5.74, 6) is 5.17. The van der Waals surface area contributed by atoms with E-state index >= 15 is 0 Å². The topological polar surface area (TPSA) is 44.5 Å². The van der Waals surface area contributed by atoms with Crippen LogP contribution >= 0.6 is 0 Å². The summed E-state index contributed by atoms with van der Waals surface area (Å²) >= 11 is 0. The number of benzene rings is 1. The van der Waals surface area contributed by atoms with Crippen molar-refractivity contribution in [2.75, 3.05) is 7.11 Å². The minimum absolute atomic E-state index is 0.219. The highest BCUT2D eigenvalue weighted by atomic mass is 19.1. The van der Waals surface area contributed by atoms with E-state index in [0.717, 1.165) is 5.56 Å². The van der Waals surface area contributed by atoms with Crippen molar-refractivity contribution in [2.45, 2.75) is 20.0 Å². The maximum absolute atomic E-state index is 13.3. The first-order chi connectivity index (χ1) is 6.72. The number of hydrogen-bond donors (Lipinski definition) is 1. The summed E-state index contributed by atoms with van der Waals surface area (Å²) in [6, 6.07) is 3.06. The van der Waals surface area contributed by atoms with E-state index in [1.165, 1.54) is 13.2 Å². The molecule has 0 aromatic heterocycles. The molecule has 0 fully saturated rings. The van der Waals surface area contributed by atoms with Gasteiger partial charge in [0.2, 0.25) is 0 Å². The Morgan fingerprint density at radius 2 is 2.07 bits per heavy atom. The second kappa shape index (κ2) is 4.93. The van der Waals surface area contributed by atoms with Crippen LogP contribution in [-0.2, 0) is 17.9 Å². The van der Waals surface area contributed by atoms with Crippen LogP contribution in [0.3, 0.4) is 0 Å². The predicted molar refractivity (Wildman–Crippen MR) is 51.3 cm³/mol. The van der Waals surface area contributed by atoms with Crippen molar-refractivity contribution >= 4 is 0 Å². The van der Waals surface area contributed by atoms with Crippen molar-refractivity contribution in [1.29, 1.82) is 0 Å². The molecule has 1 aromatic carbocycles. The van der Waals surface area contributed by atoms with Gasteiger partial charge in [0.15, 0.2) is 0 Å². The molecule has 0 aliphatic heterocycles. The number of methoxy groups -OCH3 is 1. The molecular formula is C10H14FNO2. The summed E-state index contributed by atoms with van der Waals surface area (Å²) in [5, 5.41) is 0. The molecule has 0 spiro atoms. The van der Waals surface area contributed by atoms with Crippen molar-refractivity contribution in [3.8, 4) is 5.75 Å². The third-order valence-electron chi connectivity index (χ3n) is 2.07. The fraction of sp³-hybridized carbons (Fsp3) is 0.400. The van der Waals surface area contributed by atoms with Gasteiger partial charge in [0.05, 0.1) is 13.7 Å². The van der Waals surface area contributed by atoms with Crippen LogP contribution in [0.4, 0.5) is 4.39 Å². The Hall–Kier alpha value is -1.13. The number of rotatable bonds is 4. The van der Waals surface area contributed by atoms with Gasteiger partial charge in [-0.3, -0.25) is 4.84 Å². The molecule has 0 aliphatic carbocycles. The average molecular weight is 199 g/mol. The summed E-state index contributed by atoms with van der Waals surface area (Å²) in [6.07, 6.45) is 0.632. The maximum Gasteiger partial charge on any atom is 0.130 e. The summed E-state index contributed by atoms with van der Waals surface area (Å²) in [6.45, 7) is 2.11. The molecule has 78 valence electrons. The van der Waals surface area contributed by atoms with Crippen LogP contribution in [0.5, 0.6) is 5.75 Å². The van der Waals surface area contributed by atoms with E-state index in [9.17, 15) is 4.39 Å². The Balaban J connectivity index is 3.11. The summed E-state index contributed by atoms with van der Waals surface area (Å²) in [5.41, 5.74) is 1.39. The molecule has 1 aromatic rings. The zero-order chi connectivity index (χ0) is 10.6. The van der Waals surface area contributed by atoms with Crippen LogP contribution in [0.1, 0.15) is 18.1 Å². The first-order valence-electron chi connectivity index (χ1n) is 4.39. The zero-order valence-electron chi connectivity index (χ0n) is 8.34. The Morgan fingerprint density at radius 3 is 2.57 bits per heavy atom. The second-order valence-electron chi connectivity index (χ2n) is 2.92. The van der Waals surface area contributed by atoms with Crippen molar-refractivity contribution in [3.63, 3.8) is 0 Å². The van der Waals surface area contributed by atoms with E-state index in [1.807, 2.05) is 6.92 Å². The number of nitrogens with two attached hydrogens (primary N) is 1. The van der Waals surface area contributed by atoms with Crippen molar-refractivity contribution < 1.29 is 14.0 Å². The molecule has 4 heteroatoms. The molecule has 0 saturated carbocycles. The molecule has 3 nitrogen and oxygen atoms in total. The molecule has 0 amide bonds. The fourth-order valence-electron chi connectivity index (χ4n) is 1.31. The van der Waals surface area contributed by atoms with E-state index in [-0.39, 0.29) is 12.4 Å². The van der Waals surface area contributed by atoms with E-state index in [2.05, 4.69) is 4.84 Å². The van der Waals surface area contributed by atoms with Crippen molar-refractivity contribution in [3.05, 3.63) is 29.1 Å². The van der Waals surface area contributed by atoms with Crippen molar-refractivity contribution in [1.82, 2.24) is 0 Å². The van der Waals surface area contributed by atoms with E-state index in [1.54, 1.807) is 6.07 Å². The van der Waals surface area contributed by atoms with Crippen LogP contribution in [0.2, 0.25) is 0 Å². The van der Waals surface area contributed by atoms with E-state index < -0.39 is 0 Å². The quantitative estimate of drug-likeness (QED) is 0.752. The first-order valence-corrected chi connectivity index (χ1v) is 4.39. The third kappa shape index (κ3) is 2.21. The summed E-state index contributed by atoms with van der Waals surface area (Å²) in [7, 11) is 1.49. The normalized spacial score (nSPS) is 10.3. The monoisotopic (exact) mass is 199 g/mol.